The number of benzene rings is 1. The van der Waals surface area contributed by atoms with Gasteiger partial charge in [0.2, 0.25) is 0 Å². The number of hydrogen-bond acceptors (Lipinski definition) is 4. The number of rotatable bonds is 3. The van der Waals surface area contributed by atoms with Crippen LogP contribution in [-0.4, -0.2) is 36.1 Å². The van der Waals surface area contributed by atoms with Gasteiger partial charge in [-0.3, -0.25) is 4.79 Å². The molecule has 5 nitrogen and oxygen atoms in total. The lowest BCUT2D eigenvalue weighted by atomic mass is 9.99. The fourth-order valence-corrected chi connectivity index (χ4v) is 2.10. The summed E-state index contributed by atoms with van der Waals surface area (Å²) >= 11 is 0. The molecule has 0 saturated heterocycles. The van der Waals surface area contributed by atoms with E-state index in [0.717, 1.165) is 11.3 Å². The van der Waals surface area contributed by atoms with E-state index >= 15 is 0 Å². The van der Waals surface area contributed by atoms with Gasteiger partial charge < -0.3 is 14.8 Å². The molecular weight excluding hydrogens is 244 g/mol. The lowest BCUT2D eigenvalue weighted by molar-refractivity contribution is -0.124. The topological polar surface area (TPSA) is 62.1 Å². The van der Waals surface area contributed by atoms with Gasteiger partial charge in [-0.25, -0.2) is 0 Å². The van der Waals surface area contributed by atoms with Gasteiger partial charge >= 0.3 is 0 Å². The van der Waals surface area contributed by atoms with Gasteiger partial charge in [-0.1, -0.05) is 23.4 Å². The van der Waals surface area contributed by atoms with Crippen LogP contribution in [0.5, 0.6) is 0 Å². The molecule has 0 fully saturated rings. The quantitative estimate of drug-likeness (QED) is 0.669. The second kappa shape index (κ2) is 5.84. The van der Waals surface area contributed by atoms with Crippen LogP contribution in [-0.2, 0) is 9.53 Å². The molecule has 1 amide bonds. The fraction of sp³-hybridized carbons (Fsp3) is 0.429. The normalized spacial score (nSPS) is 16.8. The molecule has 1 heterocycles. The third-order valence-electron chi connectivity index (χ3n) is 3.04. The van der Waals surface area contributed by atoms with Crippen molar-refractivity contribution in [3.8, 4) is 0 Å². The zero-order valence-electron chi connectivity index (χ0n) is 11.2. The molecule has 1 aromatic carbocycles. The zero-order valence-corrected chi connectivity index (χ0v) is 11.2. The lowest BCUT2D eigenvalue weighted by Gasteiger charge is -2.29. The SMILES string of the molecule is CC(C)OCC(=O)N1CC/C(=N/O)c2ccccc21. The molecule has 0 atom stereocenters. The maximum atomic E-state index is 12.2. The van der Waals surface area contributed by atoms with E-state index in [1.165, 1.54) is 0 Å². The van der Waals surface area contributed by atoms with Crippen molar-refractivity contribution in [3.63, 3.8) is 0 Å². The molecule has 0 bridgehead atoms. The van der Waals surface area contributed by atoms with E-state index in [1.807, 2.05) is 38.1 Å². The van der Waals surface area contributed by atoms with E-state index in [-0.39, 0.29) is 18.6 Å². The molecule has 2 rings (SSSR count). The largest absolute Gasteiger partial charge is 0.411 e. The minimum atomic E-state index is -0.0712. The van der Waals surface area contributed by atoms with Crippen LogP contribution in [0.1, 0.15) is 25.8 Å². The van der Waals surface area contributed by atoms with Gasteiger partial charge in [0, 0.05) is 18.5 Å². The van der Waals surface area contributed by atoms with Crippen molar-refractivity contribution < 1.29 is 14.7 Å². The third-order valence-corrected chi connectivity index (χ3v) is 3.04. The van der Waals surface area contributed by atoms with Crippen LogP contribution in [0.25, 0.3) is 0 Å². The molecule has 102 valence electrons. The van der Waals surface area contributed by atoms with Crippen molar-refractivity contribution in [3.05, 3.63) is 29.8 Å². The molecule has 1 aromatic rings. The first-order valence-corrected chi connectivity index (χ1v) is 6.35. The van der Waals surface area contributed by atoms with Crippen LogP contribution in [0.4, 0.5) is 5.69 Å². The maximum absolute atomic E-state index is 12.2. The average Bonchev–Trinajstić information content (AvgIpc) is 2.43. The molecule has 0 aromatic heterocycles. The van der Waals surface area contributed by atoms with Crippen molar-refractivity contribution >= 4 is 17.3 Å². The van der Waals surface area contributed by atoms with E-state index in [0.29, 0.717) is 18.7 Å². The molecule has 5 heteroatoms. The van der Waals surface area contributed by atoms with Gasteiger partial charge in [-0.2, -0.15) is 0 Å². The summed E-state index contributed by atoms with van der Waals surface area (Å²) < 4.78 is 5.35. The van der Waals surface area contributed by atoms with Gasteiger partial charge in [0.15, 0.2) is 0 Å². The van der Waals surface area contributed by atoms with E-state index in [9.17, 15) is 4.79 Å². The lowest BCUT2D eigenvalue weighted by Crippen LogP contribution is -2.40. The Labute approximate surface area is 112 Å². The van der Waals surface area contributed by atoms with Crippen LogP contribution in [0, 0.1) is 0 Å². The van der Waals surface area contributed by atoms with Gasteiger partial charge in [0.25, 0.3) is 5.91 Å². The number of amides is 1. The van der Waals surface area contributed by atoms with Gasteiger partial charge in [0.1, 0.15) is 6.61 Å². The molecule has 0 unspecified atom stereocenters. The van der Waals surface area contributed by atoms with Crippen molar-refractivity contribution in [1.29, 1.82) is 0 Å². The highest BCUT2D eigenvalue weighted by Gasteiger charge is 2.26. The Morgan fingerprint density at radius 3 is 2.89 bits per heavy atom. The highest BCUT2D eigenvalue weighted by atomic mass is 16.5. The second-order valence-electron chi connectivity index (χ2n) is 4.72. The molecule has 1 N–H and O–H groups in total. The van der Waals surface area contributed by atoms with E-state index < -0.39 is 0 Å². The molecule has 1 aliphatic rings. The Balaban J connectivity index is 2.22. The highest BCUT2D eigenvalue weighted by Crippen LogP contribution is 2.27. The zero-order chi connectivity index (χ0) is 13.8. The minimum Gasteiger partial charge on any atom is -0.411 e. The summed E-state index contributed by atoms with van der Waals surface area (Å²) in [5.74, 6) is -0.0712. The highest BCUT2D eigenvalue weighted by molar-refractivity contribution is 6.11. The first kappa shape index (κ1) is 13.5. The Kier molecular flexibility index (Phi) is 4.16. The van der Waals surface area contributed by atoms with Crippen LogP contribution < -0.4 is 4.90 Å². The summed E-state index contributed by atoms with van der Waals surface area (Å²) in [7, 11) is 0. The van der Waals surface area contributed by atoms with Crippen LogP contribution in [0.15, 0.2) is 29.4 Å². The molecular formula is C14H18N2O3. The summed E-state index contributed by atoms with van der Waals surface area (Å²) in [6.07, 6.45) is 0.569. The first-order valence-electron chi connectivity index (χ1n) is 6.35. The Morgan fingerprint density at radius 2 is 2.21 bits per heavy atom. The Morgan fingerprint density at radius 1 is 1.47 bits per heavy atom. The Bertz CT molecular complexity index is 497. The molecule has 1 aliphatic heterocycles. The summed E-state index contributed by atoms with van der Waals surface area (Å²) in [6, 6.07) is 7.44. The monoisotopic (exact) mass is 262 g/mol. The number of ether oxygens (including phenoxy) is 1. The van der Waals surface area contributed by atoms with Crippen LogP contribution in [0.3, 0.4) is 0 Å². The van der Waals surface area contributed by atoms with Crippen LogP contribution >= 0.6 is 0 Å². The standard InChI is InChI=1S/C14H18N2O3/c1-10(2)19-9-14(17)16-8-7-12(15-18)11-5-3-4-6-13(11)16/h3-6,10,18H,7-9H2,1-2H3/b15-12-. The maximum Gasteiger partial charge on any atom is 0.253 e. The first-order chi connectivity index (χ1) is 9.13. The van der Waals surface area contributed by atoms with Gasteiger partial charge in [-0.15, -0.1) is 0 Å². The number of carbonyl (C=O) groups excluding carboxylic acids is 1. The van der Waals surface area contributed by atoms with Crippen LogP contribution in [0.2, 0.25) is 0 Å². The smallest absolute Gasteiger partial charge is 0.253 e. The Hall–Kier alpha value is -1.88. The number of oxime groups is 1. The summed E-state index contributed by atoms with van der Waals surface area (Å²) in [4.78, 5) is 13.8. The minimum absolute atomic E-state index is 0.0264. The molecule has 0 aliphatic carbocycles. The van der Waals surface area contributed by atoms with Crippen molar-refractivity contribution in [2.45, 2.75) is 26.4 Å². The van der Waals surface area contributed by atoms with Crippen molar-refractivity contribution in [2.75, 3.05) is 18.1 Å². The van der Waals surface area contributed by atoms with E-state index in [1.54, 1.807) is 4.90 Å². The van der Waals surface area contributed by atoms with Crippen molar-refractivity contribution in [2.24, 2.45) is 5.16 Å². The summed E-state index contributed by atoms with van der Waals surface area (Å²) in [5, 5.41) is 12.3. The van der Waals surface area contributed by atoms with Gasteiger partial charge in [-0.05, 0) is 19.9 Å². The predicted molar refractivity (Wildman–Crippen MR) is 72.8 cm³/mol. The number of hydrogen-bond donors (Lipinski definition) is 1. The molecule has 0 radical (unpaired) electrons. The number of anilines is 1. The van der Waals surface area contributed by atoms with Crippen molar-refractivity contribution in [1.82, 2.24) is 0 Å². The second-order valence-corrected chi connectivity index (χ2v) is 4.72. The van der Waals surface area contributed by atoms with E-state index in [4.69, 9.17) is 9.94 Å². The summed E-state index contributed by atoms with van der Waals surface area (Å²) in [5.41, 5.74) is 2.19. The molecule has 0 saturated carbocycles. The number of nitrogens with zero attached hydrogens (tertiary/aromatic N) is 2. The fourth-order valence-electron chi connectivity index (χ4n) is 2.10. The van der Waals surface area contributed by atoms with E-state index in [2.05, 4.69) is 5.16 Å². The van der Waals surface area contributed by atoms with Gasteiger partial charge in [0.05, 0.1) is 17.5 Å². The predicted octanol–water partition coefficient (Wildman–Crippen LogP) is 2.03. The number of para-hydroxylation sites is 1. The number of fused-ring (bicyclic) bond motifs is 1. The third kappa shape index (κ3) is 2.93. The average molecular weight is 262 g/mol. The molecule has 19 heavy (non-hydrogen) atoms. The summed E-state index contributed by atoms with van der Waals surface area (Å²) in [6.45, 7) is 4.37. The number of carbonyl (C=O) groups is 1. The molecule has 0 spiro atoms.